The average molecular weight is 892 g/mol. The SMILES string of the molecule is CCCCC(CC)COC(=O)[C@H](CCCN=C(N)N)NS(=O)(=O)c1cccc2c(N(C)C)cccc12.Cc1ccc(S(=O)(=O)O)cc1.Cc1ccc(S(=O)(=O)O)cc1.N#N. The smallest absolute Gasteiger partial charge is 0.324 e. The molecule has 0 bridgehead atoms. The van der Waals surface area contributed by atoms with Gasteiger partial charge in [-0.2, -0.15) is 21.6 Å². The molecule has 7 N–H and O–H groups in total. The number of aliphatic imine (C=N–C) groups is 1. The summed E-state index contributed by atoms with van der Waals surface area (Å²) in [4.78, 5) is 18.9. The van der Waals surface area contributed by atoms with Crippen molar-refractivity contribution in [2.75, 3.05) is 32.1 Å². The standard InChI is InChI=1S/C26H41N5O4S.2C7H8O3S.N2/c1-5-7-11-19(6-2)18-35-25(32)22(14-10-17-29-26(27)28)30-36(33,34)24-16-9-12-20-21(24)13-8-15-23(20)31(3)4;2*1-6-2-4-7(5-3-6)11(8,9)10;1-2/h8-9,12-13,15-16,19,22,30H,5-7,10-11,14,17-18H2,1-4H3,(H4,27,28,29);2*2-5H,1H3,(H,8,9,10);/t19?,22-;;;/m0.../s1. The number of sulfonamides is 1. The van der Waals surface area contributed by atoms with Gasteiger partial charge in [-0.05, 0) is 75.4 Å². The third-order valence-corrected chi connectivity index (χ3v) is 12.1. The highest BCUT2D eigenvalue weighted by Crippen LogP contribution is 2.30. The van der Waals surface area contributed by atoms with Crippen LogP contribution in [0.2, 0.25) is 0 Å². The van der Waals surface area contributed by atoms with Gasteiger partial charge in [-0.15, -0.1) is 0 Å². The van der Waals surface area contributed by atoms with Gasteiger partial charge in [0.2, 0.25) is 10.0 Å². The fourth-order valence-electron chi connectivity index (χ4n) is 5.49. The van der Waals surface area contributed by atoms with Gasteiger partial charge in [0, 0.05) is 47.9 Å². The first-order valence-corrected chi connectivity index (χ1v) is 23.2. The van der Waals surface area contributed by atoms with Crippen molar-refractivity contribution in [3.63, 3.8) is 0 Å². The summed E-state index contributed by atoms with van der Waals surface area (Å²) >= 11 is 0. The molecule has 330 valence electrons. The number of carbonyl (C=O) groups is 1. The Bertz CT molecular complexity index is 2260. The highest BCUT2D eigenvalue weighted by molar-refractivity contribution is 7.89. The Morgan fingerprint density at radius 1 is 0.767 bits per heavy atom. The zero-order chi connectivity index (χ0) is 45.7. The number of anilines is 1. The number of nitrogens with zero attached hydrogens (tertiary/aromatic N) is 4. The number of benzene rings is 4. The van der Waals surface area contributed by atoms with Gasteiger partial charge in [0.25, 0.3) is 20.2 Å². The second-order valence-corrected chi connectivity index (χ2v) is 18.3. The van der Waals surface area contributed by atoms with Gasteiger partial charge < -0.3 is 21.1 Å². The molecule has 0 spiro atoms. The van der Waals surface area contributed by atoms with Crippen LogP contribution >= 0.6 is 0 Å². The predicted molar refractivity (Wildman–Crippen MR) is 232 cm³/mol. The first-order chi connectivity index (χ1) is 28.1. The average Bonchev–Trinajstić information content (AvgIpc) is 3.19. The van der Waals surface area contributed by atoms with Crippen molar-refractivity contribution in [3.8, 4) is 0 Å². The third-order valence-electron chi connectivity index (χ3n) is 8.80. The van der Waals surface area contributed by atoms with Gasteiger partial charge in [-0.25, -0.2) is 8.42 Å². The van der Waals surface area contributed by atoms with E-state index in [1.807, 2.05) is 51.0 Å². The molecule has 0 aliphatic heterocycles. The van der Waals surface area contributed by atoms with Gasteiger partial charge in [0.05, 0.1) is 21.3 Å². The van der Waals surface area contributed by atoms with E-state index in [-0.39, 0.29) is 46.1 Å². The maximum atomic E-state index is 13.5. The zero-order valence-electron chi connectivity index (χ0n) is 34.7. The monoisotopic (exact) mass is 891 g/mol. The van der Waals surface area contributed by atoms with Gasteiger partial charge in [0.1, 0.15) is 6.04 Å². The fourth-order valence-corrected chi connectivity index (χ4v) is 7.89. The summed E-state index contributed by atoms with van der Waals surface area (Å²) in [6.07, 6.45) is 4.59. The first kappa shape index (κ1) is 52.8. The van der Waals surface area contributed by atoms with Crippen LogP contribution in [-0.2, 0) is 39.8 Å². The number of carbonyl (C=O) groups excluding carboxylic acids is 1. The van der Waals surface area contributed by atoms with Crippen LogP contribution in [0.4, 0.5) is 5.69 Å². The minimum atomic E-state index is -4.04. The lowest BCUT2D eigenvalue weighted by atomic mass is 10.0. The predicted octanol–water partition coefficient (Wildman–Crippen LogP) is 5.88. The molecule has 4 aromatic rings. The number of esters is 1. The second kappa shape index (κ2) is 25.5. The number of guanidine groups is 1. The van der Waals surface area contributed by atoms with Crippen LogP contribution in [0.15, 0.2) is 105 Å². The normalized spacial score (nSPS) is 12.2. The molecule has 0 amide bonds. The molecule has 4 aromatic carbocycles. The Labute approximate surface area is 354 Å². The third kappa shape index (κ3) is 18.4. The molecule has 20 heteroatoms. The Balaban J connectivity index is 0.000000602. The Hall–Kier alpha value is -5.17. The van der Waals surface area contributed by atoms with E-state index in [2.05, 4.69) is 23.6 Å². The number of aryl methyl sites for hydroxylation is 2. The number of hydrogen-bond acceptors (Lipinski definition) is 12. The summed E-state index contributed by atoms with van der Waals surface area (Å²) in [6.45, 7) is 8.41. The van der Waals surface area contributed by atoms with E-state index < -0.39 is 42.3 Å². The Kier molecular flexibility index (Phi) is 22.4. The minimum absolute atomic E-state index is 0.0520. The quantitative estimate of drug-likeness (QED) is 0.0206. The van der Waals surface area contributed by atoms with Gasteiger partial charge in [-0.3, -0.25) is 18.9 Å². The van der Waals surface area contributed by atoms with Crippen molar-refractivity contribution in [1.82, 2.24) is 4.72 Å². The van der Waals surface area contributed by atoms with Crippen LogP contribution < -0.4 is 21.1 Å². The molecule has 0 aliphatic rings. The maximum absolute atomic E-state index is 13.5. The lowest BCUT2D eigenvalue weighted by Crippen LogP contribution is -2.42. The van der Waals surface area contributed by atoms with Crippen LogP contribution in [0.1, 0.15) is 63.5 Å². The molecule has 0 aliphatic carbocycles. The van der Waals surface area contributed by atoms with Crippen LogP contribution in [-0.4, -0.2) is 79.6 Å². The largest absolute Gasteiger partial charge is 0.464 e. The molecule has 0 heterocycles. The van der Waals surface area contributed by atoms with E-state index in [9.17, 15) is 30.0 Å². The molecule has 60 heavy (non-hydrogen) atoms. The van der Waals surface area contributed by atoms with E-state index in [1.165, 1.54) is 24.3 Å². The fraction of sp³-hybridized carbons (Fsp3) is 0.400. The van der Waals surface area contributed by atoms with E-state index >= 15 is 0 Å². The molecule has 4 rings (SSSR count). The topological polar surface area (TPSA) is 296 Å². The molecule has 0 aromatic heterocycles. The number of nitrogens with two attached hydrogens (primary N) is 2. The van der Waals surface area contributed by atoms with Crippen molar-refractivity contribution in [1.29, 1.82) is 10.8 Å². The molecule has 17 nitrogen and oxygen atoms in total. The van der Waals surface area contributed by atoms with Crippen LogP contribution in [0, 0.1) is 30.6 Å². The Morgan fingerprint density at radius 3 is 1.72 bits per heavy atom. The molecule has 0 fully saturated rings. The minimum Gasteiger partial charge on any atom is -0.464 e. The number of ether oxygens (including phenoxy) is 1. The highest BCUT2D eigenvalue weighted by atomic mass is 32.2. The van der Waals surface area contributed by atoms with Crippen LogP contribution in [0.25, 0.3) is 10.8 Å². The molecule has 1 unspecified atom stereocenters. The molecule has 0 saturated carbocycles. The highest BCUT2D eigenvalue weighted by Gasteiger charge is 2.28. The zero-order valence-corrected chi connectivity index (χ0v) is 37.2. The van der Waals surface area contributed by atoms with Crippen molar-refractivity contribution >= 4 is 58.6 Å². The van der Waals surface area contributed by atoms with E-state index in [0.29, 0.717) is 11.8 Å². The van der Waals surface area contributed by atoms with Crippen molar-refractivity contribution in [3.05, 3.63) is 96.1 Å². The van der Waals surface area contributed by atoms with E-state index in [0.717, 1.165) is 47.9 Å². The Morgan fingerprint density at radius 2 is 1.27 bits per heavy atom. The number of rotatable bonds is 17. The number of fused-ring (bicyclic) bond motifs is 1. The second-order valence-electron chi connectivity index (χ2n) is 13.8. The van der Waals surface area contributed by atoms with Crippen molar-refractivity contribution in [2.24, 2.45) is 22.4 Å². The first-order valence-electron chi connectivity index (χ1n) is 18.8. The molecular formula is C40H57N7O10S3. The van der Waals surface area contributed by atoms with Crippen LogP contribution in [0.5, 0.6) is 0 Å². The summed E-state index contributed by atoms with van der Waals surface area (Å²) in [6, 6.07) is 21.6. The summed E-state index contributed by atoms with van der Waals surface area (Å²) < 4.78 is 94.3. The van der Waals surface area contributed by atoms with Gasteiger partial charge in [0.15, 0.2) is 5.96 Å². The lowest BCUT2D eigenvalue weighted by molar-refractivity contribution is -0.147. The lowest BCUT2D eigenvalue weighted by Gasteiger charge is -2.21. The molecular weight excluding hydrogens is 835 g/mol. The van der Waals surface area contributed by atoms with E-state index in [4.69, 9.17) is 36.1 Å². The van der Waals surface area contributed by atoms with Crippen molar-refractivity contribution in [2.45, 2.75) is 86.9 Å². The van der Waals surface area contributed by atoms with Crippen molar-refractivity contribution < 1.29 is 43.9 Å². The number of hydrogen-bond donors (Lipinski definition) is 5. The van der Waals surface area contributed by atoms with Gasteiger partial charge >= 0.3 is 5.97 Å². The number of nitrogens with one attached hydrogen (secondary N) is 1. The summed E-state index contributed by atoms with van der Waals surface area (Å²) in [7, 11) is -8.27. The summed E-state index contributed by atoms with van der Waals surface area (Å²) in [5, 5.41) is 13.4. The summed E-state index contributed by atoms with van der Waals surface area (Å²) in [5.74, 6) is -0.397. The molecule has 2 atom stereocenters. The molecule has 0 saturated heterocycles. The molecule has 0 radical (unpaired) electrons. The maximum Gasteiger partial charge on any atom is 0.324 e. The van der Waals surface area contributed by atoms with Crippen LogP contribution in [0.3, 0.4) is 0 Å². The summed E-state index contributed by atoms with van der Waals surface area (Å²) in [5.41, 5.74) is 13.6. The van der Waals surface area contributed by atoms with E-state index in [1.54, 1.807) is 42.5 Å². The van der Waals surface area contributed by atoms with Gasteiger partial charge in [-0.1, -0.05) is 92.8 Å². The number of unbranched alkanes of at least 4 members (excludes halogenated alkanes) is 1.